The molecule has 0 aliphatic carbocycles. The number of pyridine rings is 1. The molecule has 3 rings (SSSR count). The first-order chi connectivity index (χ1) is 13.0. The number of nitrogens with two attached hydrogens (primary N) is 1. The van der Waals surface area contributed by atoms with E-state index in [2.05, 4.69) is 10.3 Å². The summed E-state index contributed by atoms with van der Waals surface area (Å²) in [4.78, 5) is 38.8. The van der Waals surface area contributed by atoms with Crippen LogP contribution in [0.5, 0.6) is 0 Å². The zero-order valence-corrected chi connectivity index (χ0v) is 14.9. The molecule has 3 amide bonds. The van der Waals surface area contributed by atoms with Crippen LogP contribution in [0.3, 0.4) is 0 Å². The summed E-state index contributed by atoms with van der Waals surface area (Å²) in [6.45, 7) is 0. The molecule has 1 aliphatic heterocycles. The van der Waals surface area contributed by atoms with E-state index in [-0.39, 0.29) is 17.7 Å². The van der Waals surface area contributed by atoms with E-state index in [0.717, 1.165) is 23.1 Å². The molecule has 0 bridgehead atoms. The van der Waals surface area contributed by atoms with Crippen molar-refractivity contribution in [3.05, 3.63) is 71.1 Å². The van der Waals surface area contributed by atoms with Crippen molar-refractivity contribution >= 4 is 23.8 Å². The fourth-order valence-corrected chi connectivity index (χ4v) is 3.21. The number of nitrogens with zero attached hydrogens (tertiary/aromatic N) is 1. The topological polar surface area (TPSA) is 102 Å². The number of allylic oxidation sites excluding steroid dienone is 1. The molecule has 1 aliphatic rings. The number of hydrogen-bond acceptors (Lipinski definition) is 4. The molecule has 6 nitrogen and oxygen atoms in total. The molecule has 6 heteroatoms. The minimum absolute atomic E-state index is 0.210. The van der Waals surface area contributed by atoms with Gasteiger partial charge in [-0.2, -0.15) is 0 Å². The number of rotatable bonds is 6. The number of carbonyl (C=O) groups excluding carboxylic acids is 3. The lowest BCUT2D eigenvalue weighted by atomic mass is 9.89. The van der Waals surface area contributed by atoms with Gasteiger partial charge in [-0.25, -0.2) is 0 Å². The van der Waals surface area contributed by atoms with Crippen LogP contribution in [0.15, 0.2) is 48.7 Å². The quantitative estimate of drug-likeness (QED) is 0.769. The second kappa shape index (κ2) is 8.40. The molecule has 27 heavy (non-hydrogen) atoms. The van der Waals surface area contributed by atoms with Gasteiger partial charge in [0.1, 0.15) is 5.69 Å². The summed E-state index contributed by atoms with van der Waals surface area (Å²) in [7, 11) is 0. The third-order valence-corrected chi connectivity index (χ3v) is 4.57. The third kappa shape index (κ3) is 4.67. The van der Waals surface area contributed by atoms with Gasteiger partial charge < -0.3 is 5.73 Å². The van der Waals surface area contributed by atoms with Crippen molar-refractivity contribution in [2.45, 2.75) is 31.6 Å². The van der Waals surface area contributed by atoms with E-state index >= 15 is 0 Å². The van der Waals surface area contributed by atoms with E-state index < -0.39 is 5.91 Å². The highest BCUT2D eigenvalue weighted by atomic mass is 16.2. The summed E-state index contributed by atoms with van der Waals surface area (Å²) in [6.07, 6.45) is 7.85. The van der Waals surface area contributed by atoms with Crippen molar-refractivity contribution < 1.29 is 14.4 Å². The van der Waals surface area contributed by atoms with Crippen molar-refractivity contribution in [2.24, 2.45) is 5.73 Å². The van der Waals surface area contributed by atoms with Crippen LogP contribution in [0.25, 0.3) is 6.08 Å². The average Bonchev–Trinajstić information content (AvgIpc) is 2.65. The van der Waals surface area contributed by atoms with E-state index in [0.29, 0.717) is 25.0 Å². The van der Waals surface area contributed by atoms with Gasteiger partial charge in [0.15, 0.2) is 0 Å². The maximum atomic E-state index is 12.0. The Labute approximate surface area is 157 Å². The van der Waals surface area contributed by atoms with Gasteiger partial charge in [-0.15, -0.1) is 0 Å². The molecule has 1 unspecified atom stereocenters. The first-order valence-corrected chi connectivity index (χ1v) is 8.88. The second-order valence-electron chi connectivity index (χ2n) is 6.49. The monoisotopic (exact) mass is 363 g/mol. The van der Waals surface area contributed by atoms with Gasteiger partial charge >= 0.3 is 0 Å². The van der Waals surface area contributed by atoms with Crippen LogP contribution in [0, 0.1) is 0 Å². The van der Waals surface area contributed by atoms with E-state index in [9.17, 15) is 14.4 Å². The average molecular weight is 363 g/mol. The smallest absolute Gasteiger partial charge is 0.267 e. The summed E-state index contributed by atoms with van der Waals surface area (Å²) in [5.74, 6) is -1.25. The van der Waals surface area contributed by atoms with Crippen molar-refractivity contribution in [2.75, 3.05) is 0 Å². The first kappa shape index (κ1) is 18.5. The summed E-state index contributed by atoms with van der Waals surface area (Å²) >= 11 is 0. The van der Waals surface area contributed by atoms with Crippen LogP contribution in [0.2, 0.25) is 0 Å². The van der Waals surface area contributed by atoms with Crippen LogP contribution in [0.1, 0.15) is 52.4 Å². The zero-order valence-electron chi connectivity index (χ0n) is 14.9. The Morgan fingerprint density at radius 2 is 2.11 bits per heavy atom. The zero-order chi connectivity index (χ0) is 19.2. The first-order valence-electron chi connectivity index (χ1n) is 8.88. The number of hydrogen-bond donors (Lipinski definition) is 2. The molecule has 2 heterocycles. The minimum atomic E-state index is -0.522. The molecule has 1 aromatic carbocycles. The highest BCUT2D eigenvalue weighted by molar-refractivity contribution is 6.01. The molecular weight excluding hydrogens is 342 g/mol. The molecule has 138 valence electrons. The van der Waals surface area contributed by atoms with Crippen LogP contribution < -0.4 is 11.1 Å². The van der Waals surface area contributed by atoms with Gasteiger partial charge in [0.25, 0.3) is 5.91 Å². The molecule has 1 aromatic heterocycles. The van der Waals surface area contributed by atoms with Crippen LogP contribution in [-0.4, -0.2) is 22.7 Å². The molecular formula is C21H21N3O3. The molecule has 1 fully saturated rings. The summed E-state index contributed by atoms with van der Waals surface area (Å²) in [6, 6.07) is 11.4. The van der Waals surface area contributed by atoms with Crippen LogP contribution in [0.4, 0.5) is 0 Å². The number of benzene rings is 1. The summed E-state index contributed by atoms with van der Waals surface area (Å²) in [5, 5.41) is 2.39. The number of carbonyl (C=O) groups is 3. The molecule has 0 saturated carbocycles. The summed E-state index contributed by atoms with van der Waals surface area (Å²) < 4.78 is 0. The van der Waals surface area contributed by atoms with Gasteiger partial charge in [-0.1, -0.05) is 42.5 Å². The van der Waals surface area contributed by atoms with Crippen molar-refractivity contribution in [1.29, 1.82) is 0 Å². The van der Waals surface area contributed by atoms with E-state index in [1.54, 1.807) is 12.3 Å². The van der Waals surface area contributed by atoms with Crippen molar-refractivity contribution in [1.82, 2.24) is 10.3 Å². The Morgan fingerprint density at radius 1 is 1.26 bits per heavy atom. The maximum absolute atomic E-state index is 12.0. The fraction of sp³-hybridized carbons (Fsp3) is 0.238. The summed E-state index contributed by atoms with van der Waals surface area (Å²) in [5.41, 5.74) is 8.37. The Bertz CT molecular complexity index is 905. The number of primary amides is 1. The van der Waals surface area contributed by atoms with E-state index in [1.165, 1.54) is 0 Å². The van der Waals surface area contributed by atoms with Crippen LogP contribution >= 0.6 is 0 Å². The highest BCUT2D eigenvalue weighted by Gasteiger charge is 2.27. The van der Waals surface area contributed by atoms with Gasteiger partial charge in [0, 0.05) is 12.6 Å². The lowest BCUT2D eigenvalue weighted by Gasteiger charge is -2.21. The van der Waals surface area contributed by atoms with Gasteiger partial charge in [0.05, 0.1) is 5.92 Å². The normalized spacial score (nSPS) is 17.1. The minimum Gasteiger partial charge on any atom is -0.364 e. The Kier molecular flexibility index (Phi) is 5.76. The number of nitrogens with one attached hydrogen (secondary N) is 1. The molecule has 2 aromatic rings. The van der Waals surface area contributed by atoms with Gasteiger partial charge in [0.2, 0.25) is 11.8 Å². The number of aryl methyl sites for hydroxylation is 1. The van der Waals surface area contributed by atoms with Gasteiger partial charge in [-0.05, 0) is 42.0 Å². The number of imide groups is 1. The lowest BCUT2D eigenvalue weighted by molar-refractivity contribution is -0.134. The standard InChI is InChI=1S/C21H21N3O3/c22-20(26)19-15(9-4-12-23-19)7-2-1-5-14-6-3-8-16(13-14)17-10-11-18(25)24-21(17)27/h1,3-6,8-9,12-13,17H,2,7,10-11H2,(H2,22,26)(H,24,25,27). The molecule has 3 N–H and O–H groups in total. The van der Waals surface area contributed by atoms with Crippen molar-refractivity contribution in [3.8, 4) is 0 Å². The molecule has 0 spiro atoms. The van der Waals surface area contributed by atoms with Crippen LogP contribution in [-0.2, 0) is 16.0 Å². The molecule has 0 radical (unpaired) electrons. The highest BCUT2D eigenvalue weighted by Crippen LogP contribution is 2.25. The van der Waals surface area contributed by atoms with E-state index in [4.69, 9.17) is 5.73 Å². The predicted molar refractivity (Wildman–Crippen MR) is 102 cm³/mol. The Hall–Kier alpha value is -3.28. The molecule has 1 saturated heterocycles. The number of amides is 3. The van der Waals surface area contributed by atoms with Crippen molar-refractivity contribution in [3.63, 3.8) is 0 Å². The lowest BCUT2D eigenvalue weighted by Crippen LogP contribution is -2.39. The largest absolute Gasteiger partial charge is 0.364 e. The van der Waals surface area contributed by atoms with E-state index in [1.807, 2.05) is 42.5 Å². The molecule has 1 atom stereocenters. The predicted octanol–water partition coefficient (Wildman–Crippen LogP) is 2.35. The Morgan fingerprint density at radius 3 is 2.89 bits per heavy atom. The number of aromatic nitrogens is 1. The second-order valence-corrected chi connectivity index (χ2v) is 6.49. The van der Waals surface area contributed by atoms with Gasteiger partial charge in [-0.3, -0.25) is 24.7 Å². The Balaban J connectivity index is 1.64. The third-order valence-electron chi connectivity index (χ3n) is 4.57. The fourth-order valence-electron chi connectivity index (χ4n) is 3.21. The number of piperidine rings is 1. The SMILES string of the molecule is NC(=O)c1ncccc1CCC=Cc1cccc(C2CCC(=O)NC2=O)c1. The maximum Gasteiger partial charge on any atom is 0.267 e.